The first-order chi connectivity index (χ1) is 12.6. The van der Waals surface area contributed by atoms with Crippen LogP contribution in [0.15, 0.2) is 42.5 Å². The maximum absolute atomic E-state index is 12.9. The van der Waals surface area contributed by atoms with Gasteiger partial charge in [-0.25, -0.2) is 4.98 Å². The zero-order chi connectivity index (χ0) is 18.5. The highest BCUT2D eigenvalue weighted by Gasteiger charge is 2.16. The monoisotopic (exact) mass is 386 g/mol. The molecule has 0 radical (unpaired) electrons. The lowest BCUT2D eigenvalue weighted by Crippen LogP contribution is -2.32. The predicted molar refractivity (Wildman–Crippen MR) is 111 cm³/mol. The number of carbonyl (C=O) groups is 1. The maximum Gasteiger partial charge on any atom is 0.252 e. The molecule has 3 rings (SSSR count). The molecule has 3 nitrogen and oxygen atoms in total. The molecule has 136 valence electrons. The number of aromatic nitrogens is 1. The number of nitrogens with one attached hydrogen (secondary N) is 1. The molecule has 0 saturated carbocycles. The predicted octanol–water partition coefficient (Wildman–Crippen LogP) is 6.32. The number of amides is 1. The summed E-state index contributed by atoms with van der Waals surface area (Å²) in [5, 5.41) is 4.01. The minimum absolute atomic E-state index is 0.0449. The summed E-state index contributed by atoms with van der Waals surface area (Å²) in [4.78, 5) is 18.6. The molecule has 0 saturated heterocycles. The Balaban J connectivity index is 1.92. The molecule has 0 spiro atoms. The van der Waals surface area contributed by atoms with Crippen LogP contribution in [0.5, 0.6) is 0 Å². The van der Waals surface area contributed by atoms with Crippen LogP contribution >= 0.6 is 22.9 Å². The van der Waals surface area contributed by atoms with Crippen molar-refractivity contribution in [1.82, 2.24) is 10.3 Å². The normalized spacial score (nSPS) is 12.3. The summed E-state index contributed by atoms with van der Waals surface area (Å²) >= 11 is 7.54. The van der Waals surface area contributed by atoms with Gasteiger partial charge in [-0.05, 0) is 37.6 Å². The Hall–Kier alpha value is -1.91. The highest BCUT2D eigenvalue weighted by atomic mass is 35.5. The first kappa shape index (κ1) is 18.9. The second-order valence-electron chi connectivity index (χ2n) is 6.55. The van der Waals surface area contributed by atoms with E-state index in [9.17, 15) is 4.79 Å². The van der Waals surface area contributed by atoms with Crippen LogP contribution in [0.25, 0.3) is 21.5 Å². The van der Waals surface area contributed by atoms with Gasteiger partial charge in [0.1, 0.15) is 0 Å². The molecule has 0 aliphatic heterocycles. The third-order valence-electron chi connectivity index (χ3n) is 4.40. The number of hydrogen-bond acceptors (Lipinski definition) is 3. The van der Waals surface area contributed by atoms with Crippen molar-refractivity contribution in [3.63, 3.8) is 0 Å². The highest BCUT2D eigenvalue weighted by molar-refractivity contribution is 7.19. The van der Waals surface area contributed by atoms with Crippen LogP contribution in [0, 0.1) is 0 Å². The van der Waals surface area contributed by atoms with Crippen LogP contribution in [-0.4, -0.2) is 16.9 Å². The SMILES string of the molecule is CCCCCC(C)NC(=O)c1cc(-c2ccc(Cl)s2)nc2ccccc12. The summed E-state index contributed by atoms with van der Waals surface area (Å²) in [5.74, 6) is -0.0449. The van der Waals surface area contributed by atoms with Crippen molar-refractivity contribution < 1.29 is 4.79 Å². The molecule has 2 aromatic heterocycles. The van der Waals surface area contributed by atoms with Gasteiger partial charge in [-0.15, -0.1) is 11.3 Å². The van der Waals surface area contributed by atoms with E-state index in [1.54, 1.807) is 0 Å². The Morgan fingerprint density at radius 3 is 2.77 bits per heavy atom. The molecule has 1 unspecified atom stereocenters. The summed E-state index contributed by atoms with van der Waals surface area (Å²) in [6.07, 6.45) is 4.51. The first-order valence-corrected chi connectivity index (χ1v) is 10.2. The summed E-state index contributed by atoms with van der Waals surface area (Å²) < 4.78 is 0.713. The van der Waals surface area contributed by atoms with Gasteiger partial charge in [-0.3, -0.25) is 4.79 Å². The van der Waals surface area contributed by atoms with E-state index in [2.05, 4.69) is 19.2 Å². The fourth-order valence-electron chi connectivity index (χ4n) is 3.02. The van der Waals surface area contributed by atoms with E-state index in [0.29, 0.717) is 9.90 Å². The van der Waals surface area contributed by atoms with Crippen molar-refractivity contribution in [2.75, 3.05) is 0 Å². The highest BCUT2D eigenvalue weighted by Crippen LogP contribution is 2.32. The number of fused-ring (bicyclic) bond motifs is 1. The Bertz CT molecular complexity index is 906. The Morgan fingerprint density at radius 1 is 1.23 bits per heavy atom. The number of carbonyl (C=O) groups excluding carboxylic acids is 1. The number of rotatable bonds is 7. The van der Waals surface area contributed by atoms with E-state index < -0.39 is 0 Å². The number of pyridine rings is 1. The minimum atomic E-state index is -0.0449. The second-order valence-corrected chi connectivity index (χ2v) is 8.26. The van der Waals surface area contributed by atoms with E-state index >= 15 is 0 Å². The van der Waals surface area contributed by atoms with E-state index in [4.69, 9.17) is 16.6 Å². The number of halogens is 1. The van der Waals surface area contributed by atoms with Crippen LogP contribution in [0.1, 0.15) is 49.9 Å². The summed E-state index contributed by atoms with van der Waals surface area (Å²) in [5.41, 5.74) is 2.26. The van der Waals surface area contributed by atoms with Crippen molar-refractivity contribution in [3.05, 3.63) is 52.4 Å². The molecule has 0 bridgehead atoms. The zero-order valence-corrected chi connectivity index (χ0v) is 16.7. The molecule has 26 heavy (non-hydrogen) atoms. The minimum Gasteiger partial charge on any atom is -0.350 e. The van der Waals surface area contributed by atoms with Gasteiger partial charge in [-0.2, -0.15) is 0 Å². The third-order valence-corrected chi connectivity index (χ3v) is 5.66. The molecule has 1 amide bonds. The summed E-state index contributed by atoms with van der Waals surface area (Å²) in [6.45, 7) is 4.25. The van der Waals surface area contributed by atoms with Crippen LogP contribution in [-0.2, 0) is 0 Å². The molecular weight excluding hydrogens is 364 g/mol. The van der Waals surface area contributed by atoms with E-state index in [-0.39, 0.29) is 11.9 Å². The molecule has 1 aromatic carbocycles. The van der Waals surface area contributed by atoms with Crippen LogP contribution in [0.2, 0.25) is 4.34 Å². The van der Waals surface area contributed by atoms with Gasteiger partial charge in [0, 0.05) is 11.4 Å². The largest absolute Gasteiger partial charge is 0.350 e. The molecule has 1 N–H and O–H groups in total. The molecule has 1 atom stereocenters. The molecule has 2 heterocycles. The fourth-order valence-corrected chi connectivity index (χ4v) is 4.02. The number of thiophene rings is 1. The Labute approximate surface area is 163 Å². The van der Waals surface area contributed by atoms with Crippen molar-refractivity contribution in [3.8, 4) is 10.6 Å². The molecule has 5 heteroatoms. The van der Waals surface area contributed by atoms with E-state index in [1.807, 2.05) is 42.5 Å². The molecule has 0 aliphatic carbocycles. The average Bonchev–Trinajstić information content (AvgIpc) is 3.07. The average molecular weight is 387 g/mol. The standard InChI is InChI=1S/C21H23ClN2OS/c1-3-4-5-8-14(2)23-21(25)16-13-18(19-11-12-20(22)26-19)24-17-10-7-6-9-15(16)17/h6-7,9-14H,3-5,8H2,1-2H3,(H,23,25). The van der Waals surface area contributed by atoms with Crippen molar-refractivity contribution in [1.29, 1.82) is 0 Å². The van der Waals surface area contributed by atoms with Crippen molar-refractivity contribution >= 4 is 39.7 Å². The van der Waals surface area contributed by atoms with Gasteiger partial charge in [0.05, 0.1) is 26.0 Å². The Morgan fingerprint density at radius 2 is 2.04 bits per heavy atom. The number of para-hydroxylation sites is 1. The van der Waals surface area contributed by atoms with Gasteiger partial charge in [0.2, 0.25) is 0 Å². The maximum atomic E-state index is 12.9. The molecular formula is C21H23ClN2OS. The summed E-state index contributed by atoms with van der Waals surface area (Å²) in [6, 6.07) is 13.6. The topological polar surface area (TPSA) is 42.0 Å². The zero-order valence-electron chi connectivity index (χ0n) is 15.1. The second kappa shape index (κ2) is 8.65. The fraction of sp³-hybridized carbons (Fsp3) is 0.333. The van der Waals surface area contributed by atoms with Gasteiger partial charge >= 0.3 is 0 Å². The van der Waals surface area contributed by atoms with E-state index in [0.717, 1.165) is 34.3 Å². The van der Waals surface area contributed by atoms with Crippen molar-refractivity contribution in [2.24, 2.45) is 0 Å². The number of unbranched alkanes of at least 4 members (excludes halogenated alkanes) is 2. The van der Waals surface area contributed by atoms with Gasteiger partial charge in [0.25, 0.3) is 5.91 Å². The van der Waals surface area contributed by atoms with Gasteiger partial charge in [0.15, 0.2) is 0 Å². The Kier molecular flexibility index (Phi) is 6.28. The lowest BCUT2D eigenvalue weighted by atomic mass is 10.0. The quantitative estimate of drug-likeness (QED) is 0.483. The smallest absolute Gasteiger partial charge is 0.252 e. The summed E-state index contributed by atoms with van der Waals surface area (Å²) in [7, 11) is 0. The van der Waals surface area contributed by atoms with Gasteiger partial charge in [-0.1, -0.05) is 56.0 Å². The van der Waals surface area contributed by atoms with Gasteiger partial charge < -0.3 is 5.32 Å². The lowest BCUT2D eigenvalue weighted by Gasteiger charge is -2.15. The number of nitrogens with zero attached hydrogens (tertiary/aromatic N) is 1. The molecule has 0 aliphatic rings. The lowest BCUT2D eigenvalue weighted by molar-refractivity contribution is 0.0939. The number of hydrogen-bond donors (Lipinski definition) is 1. The first-order valence-electron chi connectivity index (χ1n) is 9.05. The third kappa shape index (κ3) is 4.43. The van der Waals surface area contributed by atoms with E-state index in [1.165, 1.54) is 24.2 Å². The molecule has 0 fully saturated rings. The molecule has 3 aromatic rings. The van der Waals surface area contributed by atoms with Crippen molar-refractivity contribution in [2.45, 2.75) is 45.6 Å². The van der Waals surface area contributed by atoms with Crippen LogP contribution in [0.3, 0.4) is 0 Å². The number of benzene rings is 1. The van der Waals surface area contributed by atoms with Crippen LogP contribution in [0.4, 0.5) is 0 Å². The van der Waals surface area contributed by atoms with Crippen LogP contribution < -0.4 is 5.32 Å².